The molecule has 1 aliphatic heterocycles. The molecule has 6 heteroatoms. The van der Waals surface area contributed by atoms with Crippen LogP contribution >= 0.6 is 11.3 Å². The molecule has 1 fully saturated rings. The van der Waals surface area contributed by atoms with Crippen LogP contribution in [0.15, 0.2) is 29.8 Å². The number of carboxylic acid groups (broad SMARTS) is 1. The summed E-state index contributed by atoms with van der Waals surface area (Å²) in [7, 11) is 0. The molecule has 2 heterocycles. The summed E-state index contributed by atoms with van der Waals surface area (Å²) in [6.07, 6.45) is 3.79. The Labute approximate surface area is 181 Å². The van der Waals surface area contributed by atoms with Crippen LogP contribution in [0, 0.1) is 0 Å². The third kappa shape index (κ3) is 3.65. The molecule has 5 nitrogen and oxygen atoms in total. The van der Waals surface area contributed by atoms with E-state index in [0.29, 0.717) is 31.0 Å². The van der Waals surface area contributed by atoms with Gasteiger partial charge in [0.05, 0.1) is 6.61 Å². The van der Waals surface area contributed by atoms with E-state index in [4.69, 9.17) is 4.74 Å². The lowest BCUT2D eigenvalue weighted by Gasteiger charge is -2.30. The van der Waals surface area contributed by atoms with Gasteiger partial charge in [0, 0.05) is 23.5 Å². The van der Waals surface area contributed by atoms with E-state index in [-0.39, 0.29) is 6.09 Å². The van der Waals surface area contributed by atoms with Gasteiger partial charge in [0.25, 0.3) is 0 Å². The van der Waals surface area contributed by atoms with Gasteiger partial charge < -0.3 is 14.7 Å². The standard InChI is InChI=1S/C24H27NO4S/c1-3-17-21-19(30-22(17)23(26)27)10-9-15-7-5-6-8-18(15)20(21)16-11-13-25(14-12-16)24(28)29-4-2/h5-8H,3-4,9-14H2,1-2H3,(H,26,27). The maximum atomic E-state index is 12.1. The molecule has 0 radical (unpaired) electrons. The van der Waals surface area contributed by atoms with E-state index < -0.39 is 5.97 Å². The van der Waals surface area contributed by atoms with E-state index in [2.05, 4.69) is 24.3 Å². The number of carboxylic acids is 1. The van der Waals surface area contributed by atoms with Gasteiger partial charge in [-0.25, -0.2) is 9.59 Å². The van der Waals surface area contributed by atoms with Gasteiger partial charge in [-0.3, -0.25) is 0 Å². The number of benzene rings is 1. The summed E-state index contributed by atoms with van der Waals surface area (Å²) in [5, 5.41) is 9.79. The first-order chi connectivity index (χ1) is 14.5. The second kappa shape index (κ2) is 8.64. The number of hydrogen-bond acceptors (Lipinski definition) is 4. The summed E-state index contributed by atoms with van der Waals surface area (Å²) < 4.78 is 5.17. The molecule has 1 saturated heterocycles. The van der Waals surface area contributed by atoms with Crippen LogP contribution < -0.4 is 0 Å². The molecule has 30 heavy (non-hydrogen) atoms. The Morgan fingerprint density at radius 3 is 2.50 bits per heavy atom. The van der Waals surface area contributed by atoms with Gasteiger partial charge in [-0.2, -0.15) is 0 Å². The van der Waals surface area contributed by atoms with Gasteiger partial charge in [0.15, 0.2) is 0 Å². The van der Waals surface area contributed by atoms with E-state index in [9.17, 15) is 14.7 Å². The van der Waals surface area contributed by atoms with Crippen LogP contribution in [0.25, 0.3) is 5.57 Å². The van der Waals surface area contributed by atoms with Crippen LogP contribution in [0.2, 0.25) is 0 Å². The van der Waals surface area contributed by atoms with E-state index >= 15 is 0 Å². The van der Waals surface area contributed by atoms with Gasteiger partial charge in [-0.1, -0.05) is 36.8 Å². The smallest absolute Gasteiger partial charge is 0.409 e. The second-order valence-electron chi connectivity index (χ2n) is 7.69. The lowest BCUT2D eigenvalue weighted by Crippen LogP contribution is -2.37. The summed E-state index contributed by atoms with van der Waals surface area (Å²) in [4.78, 5) is 27.5. The zero-order chi connectivity index (χ0) is 21.3. The van der Waals surface area contributed by atoms with Crippen molar-refractivity contribution in [1.29, 1.82) is 0 Å². The van der Waals surface area contributed by atoms with E-state index in [1.807, 2.05) is 13.8 Å². The van der Waals surface area contributed by atoms with Crippen LogP contribution in [0.5, 0.6) is 0 Å². The molecule has 1 aliphatic carbocycles. The fourth-order valence-corrected chi connectivity index (χ4v) is 5.89. The average Bonchev–Trinajstić information content (AvgIpc) is 3.04. The largest absolute Gasteiger partial charge is 0.477 e. The number of thiophene rings is 1. The predicted molar refractivity (Wildman–Crippen MR) is 118 cm³/mol. The maximum Gasteiger partial charge on any atom is 0.409 e. The summed E-state index contributed by atoms with van der Waals surface area (Å²) in [6.45, 7) is 5.51. The summed E-state index contributed by atoms with van der Waals surface area (Å²) >= 11 is 1.44. The number of carbonyl (C=O) groups excluding carboxylic acids is 1. The van der Waals surface area contributed by atoms with Crippen LogP contribution in [0.3, 0.4) is 0 Å². The highest BCUT2D eigenvalue weighted by atomic mass is 32.1. The van der Waals surface area contributed by atoms with E-state index in [1.54, 1.807) is 4.90 Å². The minimum Gasteiger partial charge on any atom is -0.477 e. The van der Waals surface area contributed by atoms with Crippen molar-refractivity contribution in [3.63, 3.8) is 0 Å². The van der Waals surface area contributed by atoms with Crippen molar-refractivity contribution < 1.29 is 19.4 Å². The highest BCUT2D eigenvalue weighted by Gasteiger charge is 2.30. The van der Waals surface area contributed by atoms with Crippen molar-refractivity contribution in [1.82, 2.24) is 4.90 Å². The molecule has 4 rings (SSSR count). The number of rotatable bonds is 3. The molecule has 0 saturated carbocycles. The minimum atomic E-state index is -0.834. The fourth-order valence-electron chi connectivity index (χ4n) is 4.65. The zero-order valence-corrected chi connectivity index (χ0v) is 18.3. The highest BCUT2D eigenvalue weighted by molar-refractivity contribution is 7.14. The highest BCUT2D eigenvalue weighted by Crippen LogP contribution is 2.44. The molecule has 1 N–H and O–H groups in total. The van der Waals surface area contributed by atoms with Crippen molar-refractivity contribution >= 4 is 29.0 Å². The lowest BCUT2D eigenvalue weighted by atomic mass is 9.85. The SMILES string of the molecule is CCOC(=O)N1CCC(=C2c3ccccc3CCc3sc(C(=O)O)c(CC)c32)CC1. The Bertz CT molecular complexity index is 1010. The number of likely N-dealkylation sites (tertiary alicyclic amines) is 1. The first-order valence-corrected chi connectivity index (χ1v) is 11.5. The molecule has 0 unspecified atom stereocenters. The van der Waals surface area contributed by atoms with E-state index in [1.165, 1.54) is 38.5 Å². The number of ether oxygens (including phenoxy) is 1. The molecule has 2 aromatic rings. The normalized spacial score (nSPS) is 16.0. The monoisotopic (exact) mass is 425 g/mol. The molecular formula is C24H27NO4S. The molecule has 158 valence electrons. The van der Waals surface area contributed by atoms with E-state index in [0.717, 1.165) is 36.8 Å². The lowest BCUT2D eigenvalue weighted by molar-refractivity contribution is 0.0701. The first-order valence-electron chi connectivity index (χ1n) is 10.6. The molecular weight excluding hydrogens is 398 g/mol. The number of carbonyl (C=O) groups is 2. The Morgan fingerprint density at radius 1 is 1.10 bits per heavy atom. The Balaban J connectivity index is 1.84. The third-order valence-corrected chi connectivity index (χ3v) is 7.31. The third-order valence-electron chi connectivity index (χ3n) is 6.03. The van der Waals surface area contributed by atoms with Gasteiger partial charge in [0.2, 0.25) is 0 Å². The average molecular weight is 426 g/mol. The molecule has 0 bridgehead atoms. The van der Waals surface area contributed by atoms with Crippen molar-refractivity contribution in [2.24, 2.45) is 0 Å². The van der Waals surface area contributed by atoms with Crippen molar-refractivity contribution in [3.05, 3.63) is 61.8 Å². The molecule has 1 aromatic carbocycles. The van der Waals surface area contributed by atoms with Crippen molar-refractivity contribution in [2.75, 3.05) is 19.7 Å². The van der Waals surface area contributed by atoms with Crippen LogP contribution in [0.1, 0.15) is 63.5 Å². The number of fused-ring (bicyclic) bond motifs is 2. The Morgan fingerprint density at radius 2 is 1.83 bits per heavy atom. The molecule has 1 amide bonds. The molecule has 1 aromatic heterocycles. The van der Waals surface area contributed by atoms with Crippen LogP contribution in [0.4, 0.5) is 4.79 Å². The quantitative estimate of drug-likeness (QED) is 0.737. The number of amides is 1. The Kier molecular flexibility index (Phi) is 5.95. The molecule has 2 aliphatic rings. The van der Waals surface area contributed by atoms with Gasteiger partial charge in [-0.15, -0.1) is 11.3 Å². The summed E-state index contributed by atoms with van der Waals surface area (Å²) in [6, 6.07) is 8.49. The summed E-state index contributed by atoms with van der Waals surface area (Å²) in [5.41, 5.74) is 7.16. The van der Waals surface area contributed by atoms with Crippen molar-refractivity contribution in [2.45, 2.75) is 46.0 Å². The predicted octanol–water partition coefficient (Wildman–Crippen LogP) is 5.16. The summed E-state index contributed by atoms with van der Waals surface area (Å²) in [5.74, 6) is -0.834. The first kappa shape index (κ1) is 20.7. The number of aromatic carboxylic acids is 1. The maximum absolute atomic E-state index is 12.1. The second-order valence-corrected chi connectivity index (χ2v) is 8.79. The number of aryl methyl sites for hydroxylation is 2. The van der Waals surface area contributed by atoms with Gasteiger partial charge in [0.1, 0.15) is 4.88 Å². The topological polar surface area (TPSA) is 66.8 Å². The Hall–Kier alpha value is -2.60. The molecule has 0 atom stereocenters. The fraction of sp³-hybridized carbons (Fsp3) is 0.417. The van der Waals surface area contributed by atoms with Crippen LogP contribution in [-0.4, -0.2) is 41.8 Å². The number of nitrogens with zero attached hydrogens (tertiary/aromatic N) is 1. The molecule has 0 spiro atoms. The number of piperidine rings is 1. The zero-order valence-electron chi connectivity index (χ0n) is 17.5. The minimum absolute atomic E-state index is 0.249. The van der Waals surface area contributed by atoms with Crippen molar-refractivity contribution in [3.8, 4) is 0 Å². The van der Waals surface area contributed by atoms with Gasteiger partial charge in [-0.05, 0) is 61.3 Å². The van der Waals surface area contributed by atoms with Gasteiger partial charge >= 0.3 is 12.1 Å². The van der Waals surface area contributed by atoms with Crippen LogP contribution in [-0.2, 0) is 24.0 Å². The number of hydrogen-bond donors (Lipinski definition) is 1.